The molecule has 1 aliphatic heterocycles. The molecule has 0 spiro atoms. The Morgan fingerprint density at radius 1 is 1.27 bits per heavy atom. The van der Waals surface area contributed by atoms with Gasteiger partial charge in [0.2, 0.25) is 5.91 Å². The van der Waals surface area contributed by atoms with Crippen LogP contribution in [0.25, 0.3) is 11.3 Å². The first-order valence-corrected chi connectivity index (χ1v) is 10.9. The SMILES string of the molecule is COc1ccc(-c2cc(N3CCC[C@H](NC(=O)Cc4ccccc4Br)C3)n[nH]2)cc1. The number of nitrogens with one attached hydrogen (secondary N) is 2. The number of carbonyl (C=O) groups excluding carboxylic acids is 1. The molecule has 4 rings (SSSR count). The van der Waals surface area contributed by atoms with Crippen LogP contribution >= 0.6 is 15.9 Å². The van der Waals surface area contributed by atoms with Crippen LogP contribution in [0.4, 0.5) is 5.82 Å². The van der Waals surface area contributed by atoms with Gasteiger partial charge < -0.3 is 15.0 Å². The number of ether oxygens (including phenoxy) is 1. The summed E-state index contributed by atoms with van der Waals surface area (Å²) in [6, 6.07) is 17.9. The van der Waals surface area contributed by atoms with Gasteiger partial charge in [0, 0.05) is 29.7 Å². The maximum absolute atomic E-state index is 12.5. The van der Waals surface area contributed by atoms with Crippen molar-refractivity contribution in [2.24, 2.45) is 0 Å². The zero-order valence-electron chi connectivity index (χ0n) is 16.9. The summed E-state index contributed by atoms with van der Waals surface area (Å²) in [5, 5.41) is 10.8. The summed E-state index contributed by atoms with van der Waals surface area (Å²) >= 11 is 3.51. The summed E-state index contributed by atoms with van der Waals surface area (Å²) in [5.74, 6) is 1.79. The Bertz CT molecular complexity index is 1000. The van der Waals surface area contributed by atoms with Gasteiger partial charge in [-0.15, -0.1) is 0 Å². The summed E-state index contributed by atoms with van der Waals surface area (Å²) in [5.41, 5.74) is 3.02. The predicted octanol–water partition coefficient (Wildman–Crippen LogP) is 4.18. The standard InChI is InChI=1S/C23H25BrN4O2/c1-30-19-10-8-16(9-11-19)21-14-22(27-26-21)28-12-4-6-18(15-28)25-23(29)13-17-5-2-3-7-20(17)24/h2-3,5,7-11,14,18H,4,6,12-13,15H2,1H3,(H,25,29)(H,26,27)/t18-/m0/s1. The number of amides is 1. The molecule has 7 heteroatoms. The summed E-state index contributed by atoms with van der Waals surface area (Å²) in [7, 11) is 1.66. The van der Waals surface area contributed by atoms with Crippen LogP contribution in [0, 0.1) is 0 Å². The average Bonchev–Trinajstić information content (AvgIpc) is 3.26. The Balaban J connectivity index is 1.37. The highest BCUT2D eigenvalue weighted by molar-refractivity contribution is 9.10. The molecule has 1 amide bonds. The molecule has 2 heterocycles. The molecule has 6 nitrogen and oxygen atoms in total. The number of H-pyrrole nitrogens is 1. The van der Waals surface area contributed by atoms with E-state index in [1.807, 2.05) is 48.5 Å². The Morgan fingerprint density at radius 2 is 2.07 bits per heavy atom. The Morgan fingerprint density at radius 3 is 2.83 bits per heavy atom. The molecule has 156 valence electrons. The molecule has 1 atom stereocenters. The van der Waals surface area contributed by atoms with Gasteiger partial charge in [0.1, 0.15) is 5.75 Å². The van der Waals surface area contributed by atoms with Crippen LogP contribution in [-0.4, -0.2) is 42.3 Å². The minimum absolute atomic E-state index is 0.0506. The highest BCUT2D eigenvalue weighted by Gasteiger charge is 2.23. The van der Waals surface area contributed by atoms with Gasteiger partial charge in [0.25, 0.3) is 0 Å². The first-order chi connectivity index (χ1) is 14.6. The van der Waals surface area contributed by atoms with Crippen LogP contribution in [0.5, 0.6) is 5.75 Å². The van der Waals surface area contributed by atoms with Crippen molar-refractivity contribution in [1.82, 2.24) is 15.5 Å². The highest BCUT2D eigenvalue weighted by atomic mass is 79.9. The van der Waals surface area contributed by atoms with E-state index in [1.54, 1.807) is 7.11 Å². The van der Waals surface area contributed by atoms with Gasteiger partial charge in [-0.3, -0.25) is 9.89 Å². The minimum Gasteiger partial charge on any atom is -0.497 e. The first-order valence-electron chi connectivity index (χ1n) is 10.1. The van der Waals surface area contributed by atoms with Crippen molar-refractivity contribution in [3.05, 3.63) is 64.6 Å². The van der Waals surface area contributed by atoms with E-state index in [1.165, 1.54) is 0 Å². The zero-order valence-corrected chi connectivity index (χ0v) is 18.5. The van der Waals surface area contributed by atoms with Crippen LogP contribution in [0.2, 0.25) is 0 Å². The quantitative estimate of drug-likeness (QED) is 0.569. The summed E-state index contributed by atoms with van der Waals surface area (Å²) in [6.07, 6.45) is 2.38. The third kappa shape index (κ3) is 4.84. The van der Waals surface area contributed by atoms with E-state index < -0.39 is 0 Å². The number of anilines is 1. The number of hydrogen-bond donors (Lipinski definition) is 2. The van der Waals surface area contributed by atoms with Crippen molar-refractivity contribution in [2.45, 2.75) is 25.3 Å². The van der Waals surface area contributed by atoms with Gasteiger partial charge in [-0.25, -0.2) is 0 Å². The molecule has 0 radical (unpaired) electrons. The number of aromatic amines is 1. The summed E-state index contributed by atoms with van der Waals surface area (Å²) in [4.78, 5) is 14.8. The lowest BCUT2D eigenvalue weighted by Gasteiger charge is -2.33. The van der Waals surface area contributed by atoms with Crippen LogP contribution in [0.15, 0.2) is 59.1 Å². The van der Waals surface area contributed by atoms with Crippen LogP contribution in [0.1, 0.15) is 18.4 Å². The number of methoxy groups -OCH3 is 1. The fraction of sp³-hybridized carbons (Fsp3) is 0.304. The summed E-state index contributed by atoms with van der Waals surface area (Å²) < 4.78 is 6.19. The van der Waals surface area contributed by atoms with E-state index in [4.69, 9.17) is 4.74 Å². The third-order valence-corrected chi connectivity index (χ3v) is 6.16. The largest absolute Gasteiger partial charge is 0.497 e. The molecule has 1 aliphatic rings. The molecule has 1 saturated heterocycles. The first kappa shape index (κ1) is 20.5. The number of hydrogen-bond acceptors (Lipinski definition) is 4. The van der Waals surface area contributed by atoms with Gasteiger partial charge >= 0.3 is 0 Å². The lowest BCUT2D eigenvalue weighted by atomic mass is 10.0. The number of rotatable bonds is 6. The van der Waals surface area contributed by atoms with Crippen molar-refractivity contribution < 1.29 is 9.53 Å². The second-order valence-electron chi connectivity index (χ2n) is 7.49. The zero-order chi connectivity index (χ0) is 20.9. The van der Waals surface area contributed by atoms with Crippen LogP contribution in [0.3, 0.4) is 0 Å². The Hall–Kier alpha value is -2.80. The normalized spacial score (nSPS) is 16.3. The Kier molecular flexibility index (Phi) is 6.38. The molecular formula is C23H25BrN4O2. The number of carbonyl (C=O) groups is 1. The smallest absolute Gasteiger partial charge is 0.224 e. The predicted molar refractivity (Wildman–Crippen MR) is 122 cm³/mol. The monoisotopic (exact) mass is 468 g/mol. The van der Waals surface area contributed by atoms with E-state index >= 15 is 0 Å². The van der Waals surface area contributed by atoms with E-state index in [0.717, 1.165) is 58.8 Å². The van der Waals surface area contributed by atoms with Crippen molar-refractivity contribution in [3.63, 3.8) is 0 Å². The maximum Gasteiger partial charge on any atom is 0.224 e. The number of aromatic nitrogens is 2. The van der Waals surface area contributed by atoms with Crippen molar-refractivity contribution in [3.8, 4) is 17.0 Å². The van der Waals surface area contributed by atoms with Crippen molar-refractivity contribution in [1.29, 1.82) is 0 Å². The fourth-order valence-corrected chi connectivity index (χ4v) is 4.21. The lowest BCUT2D eigenvalue weighted by molar-refractivity contribution is -0.121. The highest BCUT2D eigenvalue weighted by Crippen LogP contribution is 2.26. The van der Waals surface area contributed by atoms with Gasteiger partial charge in [-0.05, 0) is 54.3 Å². The van der Waals surface area contributed by atoms with Crippen molar-refractivity contribution in [2.75, 3.05) is 25.1 Å². The van der Waals surface area contributed by atoms with E-state index in [-0.39, 0.29) is 11.9 Å². The Labute approximate surface area is 184 Å². The number of piperidine rings is 1. The molecule has 30 heavy (non-hydrogen) atoms. The third-order valence-electron chi connectivity index (χ3n) is 5.38. The molecule has 0 aliphatic carbocycles. The van der Waals surface area contributed by atoms with Gasteiger partial charge in [0.15, 0.2) is 5.82 Å². The van der Waals surface area contributed by atoms with E-state index in [2.05, 4.69) is 42.4 Å². The number of halogens is 1. The minimum atomic E-state index is 0.0506. The molecule has 0 bridgehead atoms. The molecule has 3 aromatic rings. The molecule has 1 fully saturated rings. The van der Waals surface area contributed by atoms with E-state index in [9.17, 15) is 4.79 Å². The van der Waals surface area contributed by atoms with Crippen LogP contribution < -0.4 is 15.0 Å². The fourth-order valence-electron chi connectivity index (χ4n) is 3.79. The topological polar surface area (TPSA) is 70.2 Å². The summed E-state index contributed by atoms with van der Waals surface area (Å²) in [6.45, 7) is 1.69. The van der Waals surface area contributed by atoms with Crippen LogP contribution in [-0.2, 0) is 11.2 Å². The van der Waals surface area contributed by atoms with Crippen molar-refractivity contribution >= 4 is 27.7 Å². The lowest BCUT2D eigenvalue weighted by Crippen LogP contribution is -2.48. The molecule has 2 N–H and O–H groups in total. The second kappa shape index (κ2) is 9.34. The molecule has 2 aromatic carbocycles. The maximum atomic E-state index is 12.5. The number of benzene rings is 2. The van der Waals surface area contributed by atoms with Gasteiger partial charge in [-0.1, -0.05) is 34.1 Å². The molecular weight excluding hydrogens is 444 g/mol. The average molecular weight is 469 g/mol. The molecule has 0 unspecified atom stereocenters. The second-order valence-corrected chi connectivity index (χ2v) is 8.34. The van der Waals surface area contributed by atoms with E-state index in [0.29, 0.717) is 6.42 Å². The molecule has 1 aromatic heterocycles. The van der Waals surface area contributed by atoms with Gasteiger partial charge in [-0.2, -0.15) is 5.10 Å². The van der Waals surface area contributed by atoms with Gasteiger partial charge in [0.05, 0.1) is 19.2 Å². The molecule has 0 saturated carbocycles. The number of nitrogens with zero attached hydrogens (tertiary/aromatic N) is 2.